The third-order valence-corrected chi connectivity index (χ3v) is 2.80. The van der Waals surface area contributed by atoms with Gasteiger partial charge in [-0.1, -0.05) is 11.6 Å². The predicted octanol–water partition coefficient (Wildman–Crippen LogP) is 1.66. The van der Waals surface area contributed by atoms with Gasteiger partial charge in [-0.2, -0.15) is 11.8 Å². The molecule has 0 spiro atoms. The van der Waals surface area contributed by atoms with Crippen molar-refractivity contribution >= 4 is 29.2 Å². The molecule has 0 amide bonds. The number of hydrogen-bond acceptors (Lipinski definition) is 5. The number of nitrogens with one attached hydrogen (secondary N) is 1. The van der Waals surface area contributed by atoms with Gasteiger partial charge in [0.15, 0.2) is 0 Å². The molecule has 1 unspecified atom stereocenters. The molecule has 0 saturated carbocycles. The van der Waals surface area contributed by atoms with E-state index in [-0.39, 0.29) is 0 Å². The minimum atomic E-state index is -0.761. The Bertz CT molecular complexity index is 322. The maximum atomic E-state index is 9.88. The van der Waals surface area contributed by atoms with Crippen LogP contribution in [0, 0.1) is 0 Å². The number of thioether (sulfide) groups is 1. The summed E-state index contributed by atoms with van der Waals surface area (Å²) in [4.78, 5) is 7.90. The highest BCUT2D eigenvalue weighted by Crippen LogP contribution is 2.12. The molecular formula is C9H14ClN3OS. The van der Waals surface area contributed by atoms with Crippen molar-refractivity contribution in [3.05, 3.63) is 17.5 Å². The second-order valence-corrected chi connectivity index (χ2v) is 4.76. The minimum Gasteiger partial charge on any atom is -0.387 e. The van der Waals surface area contributed by atoms with Gasteiger partial charge in [0, 0.05) is 12.3 Å². The fourth-order valence-corrected chi connectivity index (χ4v) is 1.94. The SMILES string of the molecule is CSCC(C)(O)CNc1cncc(Cl)n1. The van der Waals surface area contributed by atoms with Gasteiger partial charge in [-0.15, -0.1) is 0 Å². The molecule has 1 rings (SSSR count). The molecule has 0 aliphatic rings. The topological polar surface area (TPSA) is 58.0 Å². The van der Waals surface area contributed by atoms with E-state index in [0.29, 0.717) is 23.3 Å². The average molecular weight is 248 g/mol. The summed E-state index contributed by atoms with van der Waals surface area (Å²) in [5, 5.41) is 13.2. The normalized spacial score (nSPS) is 14.7. The van der Waals surface area contributed by atoms with E-state index in [0.717, 1.165) is 0 Å². The number of hydrogen-bond donors (Lipinski definition) is 2. The lowest BCUT2D eigenvalue weighted by Gasteiger charge is -2.22. The quantitative estimate of drug-likeness (QED) is 0.829. The summed E-state index contributed by atoms with van der Waals surface area (Å²) < 4.78 is 0. The molecular weight excluding hydrogens is 234 g/mol. The predicted molar refractivity (Wildman–Crippen MR) is 64.5 cm³/mol. The van der Waals surface area contributed by atoms with Gasteiger partial charge in [0.2, 0.25) is 0 Å². The van der Waals surface area contributed by atoms with Gasteiger partial charge in [-0.05, 0) is 13.2 Å². The molecule has 1 atom stereocenters. The second kappa shape index (κ2) is 5.53. The Labute approximate surface area is 98.5 Å². The van der Waals surface area contributed by atoms with Crippen LogP contribution in [0.5, 0.6) is 0 Å². The van der Waals surface area contributed by atoms with Crippen LogP contribution < -0.4 is 5.32 Å². The number of rotatable bonds is 5. The number of halogens is 1. The highest BCUT2D eigenvalue weighted by Gasteiger charge is 2.19. The van der Waals surface area contributed by atoms with Gasteiger partial charge in [-0.3, -0.25) is 4.98 Å². The van der Waals surface area contributed by atoms with Crippen molar-refractivity contribution in [3.63, 3.8) is 0 Å². The Kier molecular flexibility index (Phi) is 4.63. The maximum absolute atomic E-state index is 9.88. The summed E-state index contributed by atoms with van der Waals surface area (Å²) in [6, 6.07) is 0. The van der Waals surface area contributed by atoms with Crippen LogP contribution in [0.25, 0.3) is 0 Å². The smallest absolute Gasteiger partial charge is 0.149 e. The van der Waals surface area contributed by atoms with Crippen molar-refractivity contribution in [3.8, 4) is 0 Å². The van der Waals surface area contributed by atoms with Crippen LogP contribution >= 0.6 is 23.4 Å². The Hall–Kier alpha value is -0.520. The van der Waals surface area contributed by atoms with Crippen LogP contribution in [0.15, 0.2) is 12.4 Å². The maximum Gasteiger partial charge on any atom is 0.149 e. The molecule has 1 heterocycles. The van der Waals surface area contributed by atoms with Gasteiger partial charge in [0.25, 0.3) is 0 Å². The molecule has 15 heavy (non-hydrogen) atoms. The van der Waals surface area contributed by atoms with Gasteiger partial charge < -0.3 is 10.4 Å². The lowest BCUT2D eigenvalue weighted by atomic mass is 10.1. The van der Waals surface area contributed by atoms with Crippen LogP contribution in [0.2, 0.25) is 5.15 Å². The zero-order valence-corrected chi connectivity index (χ0v) is 10.3. The molecule has 0 radical (unpaired) electrons. The van der Waals surface area contributed by atoms with Crippen molar-refractivity contribution in [2.24, 2.45) is 0 Å². The Balaban J connectivity index is 2.49. The first kappa shape index (κ1) is 12.5. The van der Waals surface area contributed by atoms with Crippen LogP contribution in [0.3, 0.4) is 0 Å². The Morgan fingerprint density at radius 2 is 2.33 bits per heavy atom. The first-order valence-electron chi connectivity index (χ1n) is 4.46. The van der Waals surface area contributed by atoms with Crippen molar-refractivity contribution < 1.29 is 5.11 Å². The third kappa shape index (κ3) is 4.68. The molecule has 2 N–H and O–H groups in total. The Morgan fingerprint density at radius 3 is 2.93 bits per heavy atom. The van der Waals surface area contributed by atoms with Crippen molar-refractivity contribution in [2.75, 3.05) is 23.9 Å². The summed E-state index contributed by atoms with van der Waals surface area (Å²) in [6.07, 6.45) is 4.99. The van der Waals surface area contributed by atoms with Gasteiger partial charge in [-0.25, -0.2) is 4.98 Å². The van der Waals surface area contributed by atoms with E-state index < -0.39 is 5.60 Å². The number of aliphatic hydroxyl groups is 1. The van der Waals surface area contributed by atoms with Gasteiger partial charge >= 0.3 is 0 Å². The molecule has 0 bridgehead atoms. The largest absolute Gasteiger partial charge is 0.387 e. The molecule has 0 aliphatic heterocycles. The van der Waals surface area contributed by atoms with Crippen molar-refractivity contribution in [1.29, 1.82) is 0 Å². The molecule has 0 aliphatic carbocycles. The molecule has 0 saturated heterocycles. The van der Waals surface area contributed by atoms with E-state index in [2.05, 4.69) is 15.3 Å². The minimum absolute atomic E-state index is 0.338. The van der Waals surface area contributed by atoms with Crippen LogP contribution in [0.4, 0.5) is 5.82 Å². The molecule has 0 fully saturated rings. The summed E-state index contributed by atoms with van der Waals surface area (Å²) in [6.45, 7) is 2.19. The lowest BCUT2D eigenvalue weighted by Crippen LogP contribution is -2.36. The van der Waals surface area contributed by atoms with E-state index in [9.17, 15) is 5.11 Å². The second-order valence-electron chi connectivity index (χ2n) is 3.51. The van der Waals surface area contributed by atoms with Crippen molar-refractivity contribution in [1.82, 2.24) is 9.97 Å². The summed E-state index contributed by atoms with van der Waals surface area (Å²) in [5.41, 5.74) is -0.761. The number of nitrogens with zero attached hydrogens (tertiary/aromatic N) is 2. The van der Waals surface area contributed by atoms with E-state index >= 15 is 0 Å². The van der Waals surface area contributed by atoms with Crippen LogP contribution in [-0.2, 0) is 0 Å². The monoisotopic (exact) mass is 247 g/mol. The highest BCUT2D eigenvalue weighted by molar-refractivity contribution is 7.98. The molecule has 1 aromatic rings. The number of aromatic nitrogens is 2. The molecule has 4 nitrogen and oxygen atoms in total. The van der Waals surface area contributed by atoms with E-state index in [1.165, 1.54) is 6.20 Å². The molecule has 1 aromatic heterocycles. The summed E-state index contributed by atoms with van der Waals surface area (Å²) in [7, 11) is 0. The Morgan fingerprint density at radius 1 is 1.60 bits per heavy atom. The first-order valence-corrected chi connectivity index (χ1v) is 6.23. The van der Waals surface area contributed by atoms with Gasteiger partial charge in [0.05, 0.1) is 18.0 Å². The summed E-state index contributed by atoms with van der Waals surface area (Å²) >= 11 is 7.27. The first-order chi connectivity index (χ1) is 7.03. The van der Waals surface area contributed by atoms with Crippen molar-refractivity contribution in [2.45, 2.75) is 12.5 Å². The highest BCUT2D eigenvalue weighted by atomic mass is 35.5. The van der Waals surface area contributed by atoms with E-state index in [1.54, 1.807) is 24.9 Å². The van der Waals surface area contributed by atoms with Crippen LogP contribution in [-0.4, -0.2) is 39.2 Å². The van der Waals surface area contributed by atoms with Crippen LogP contribution in [0.1, 0.15) is 6.92 Å². The fraction of sp³-hybridized carbons (Fsp3) is 0.556. The average Bonchev–Trinajstić information content (AvgIpc) is 2.15. The zero-order valence-electron chi connectivity index (χ0n) is 8.70. The zero-order chi connectivity index (χ0) is 11.3. The number of anilines is 1. The molecule has 84 valence electrons. The van der Waals surface area contributed by atoms with E-state index in [4.69, 9.17) is 11.6 Å². The third-order valence-electron chi connectivity index (χ3n) is 1.71. The standard InChI is InChI=1S/C9H14ClN3OS/c1-9(14,6-15-2)5-12-8-4-11-3-7(10)13-8/h3-4,14H,5-6H2,1-2H3,(H,12,13). The summed E-state index contributed by atoms with van der Waals surface area (Å²) in [5.74, 6) is 1.23. The van der Waals surface area contributed by atoms with E-state index in [1.807, 2.05) is 6.26 Å². The molecule has 0 aromatic carbocycles. The fourth-order valence-electron chi connectivity index (χ4n) is 1.07. The molecule has 6 heteroatoms. The van der Waals surface area contributed by atoms with Gasteiger partial charge in [0.1, 0.15) is 11.0 Å². The lowest BCUT2D eigenvalue weighted by molar-refractivity contribution is 0.0996.